The first-order valence-electron chi connectivity index (χ1n) is 8.92. The maximum absolute atomic E-state index is 6.36. The van der Waals surface area contributed by atoms with Gasteiger partial charge in [0.2, 0.25) is 6.23 Å². The zero-order chi connectivity index (χ0) is 19.3. The zero-order valence-electron chi connectivity index (χ0n) is 14.6. The van der Waals surface area contributed by atoms with Crippen LogP contribution < -0.4 is 4.74 Å². The van der Waals surface area contributed by atoms with Crippen LogP contribution in [-0.2, 0) is 0 Å². The molecule has 2 aliphatic rings. The Morgan fingerprint density at radius 2 is 1.79 bits per heavy atom. The van der Waals surface area contributed by atoms with E-state index in [9.17, 15) is 0 Å². The van der Waals surface area contributed by atoms with Crippen LogP contribution in [0, 0.1) is 0 Å². The minimum atomic E-state index is -0.366. The van der Waals surface area contributed by atoms with Gasteiger partial charge in [-0.3, -0.25) is 0 Å². The number of hydrogen-bond donors (Lipinski definition) is 0. The summed E-state index contributed by atoms with van der Waals surface area (Å²) < 4.78 is 7.39. The van der Waals surface area contributed by atoms with Crippen LogP contribution in [0.1, 0.15) is 35.4 Å². The number of halogens is 3. The molecule has 0 aliphatic carbocycles. The van der Waals surface area contributed by atoms with E-state index in [-0.39, 0.29) is 12.3 Å². The molecule has 3 aromatic carbocycles. The van der Waals surface area contributed by atoms with Gasteiger partial charge in [0, 0.05) is 22.0 Å². The average molecular weight is 474 g/mol. The van der Waals surface area contributed by atoms with E-state index in [1.807, 2.05) is 47.5 Å². The first-order valence-corrected chi connectivity index (χ1v) is 10.5. The van der Waals surface area contributed by atoms with E-state index >= 15 is 0 Å². The van der Waals surface area contributed by atoms with E-state index in [2.05, 4.69) is 34.1 Å². The number of hydrazone groups is 1. The molecule has 0 radical (unpaired) electrons. The van der Waals surface area contributed by atoms with Crippen molar-refractivity contribution in [2.45, 2.75) is 18.7 Å². The highest BCUT2D eigenvalue weighted by Gasteiger charge is 2.41. The summed E-state index contributed by atoms with van der Waals surface area (Å²) in [5.74, 6) is 0.866. The Hall–Kier alpha value is -2.01. The number of fused-ring (bicyclic) bond motifs is 3. The molecule has 5 rings (SSSR count). The predicted octanol–water partition coefficient (Wildman–Crippen LogP) is 7.00. The molecule has 0 fully saturated rings. The lowest BCUT2D eigenvalue weighted by Gasteiger charge is -2.38. The fourth-order valence-corrected chi connectivity index (χ4v) is 4.43. The minimum Gasteiger partial charge on any atom is -0.464 e. The normalized spacial score (nSPS) is 20.2. The van der Waals surface area contributed by atoms with Gasteiger partial charge in [-0.2, -0.15) is 5.10 Å². The average Bonchev–Trinajstić information content (AvgIpc) is 3.16. The molecule has 2 atom stereocenters. The highest BCUT2D eigenvalue weighted by Crippen LogP contribution is 2.48. The van der Waals surface area contributed by atoms with Gasteiger partial charge in [0.15, 0.2) is 0 Å². The number of hydrogen-bond acceptors (Lipinski definition) is 3. The Morgan fingerprint density at radius 1 is 0.964 bits per heavy atom. The summed E-state index contributed by atoms with van der Waals surface area (Å²) in [5.41, 5.74) is 4.22. The van der Waals surface area contributed by atoms with Crippen LogP contribution in [0.2, 0.25) is 10.0 Å². The predicted molar refractivity (Wildman–Crippen MR) is 116 cm³/mol. The Morgan fingerprint density at radius 3 is 2.57 bits per heavy atom. The second-order valence-electron chi connectivity index (χ2n) is 6.84. The highest BCUT2D eigenvalue weighted by molar-refractivity contribution is 9.10. The van der Waals surface area contributed by atoms with Gasteiger partial charge >= 0.3 is 0 Å². The summed E-state index contributed by atoms with van der Waals surface area (Å²) in [7, 11) is 0. The van der Waals surface area contributed by atoms with Gasteiger partial charge in [0.05, 0.1) is 21.8 Å². The lowest BCUT2D eigenvalue weighted by Crippen LogP contribution is -2.33. The van der Waals surface area contributed by atoms with Crippen LogP contribution in [0.15, 0.2) is 76.3 Å². The van der Waals surface area contributed by atoms with Crippen molar-refractivity contribution in [1.82, 2.24) is 5.01 Å². The van der Waals surface area contributed by atoms with Crippen LogP contribution in [0.3, 0.4) is 0 Å². The molecule has 0 unspecified atom stereocenters. The molecule has 0 saturated carbocycles. The smallest absolute Gasteiger partial charge is 0.213 e. The Balaban J connectivity index is 1.62. The largest absolute Gasteiger partial charge is 0.464 e. The maximum Gasteiger partial charge on any atom is 0.213 e. The van der Waals surface area contributed by atoms with Gasteiger partial charge in [-0.05, 0) is 35.9 Å². The molecule has 3 nitrogen and oxygen atoms in total. The van der Waals surface area contributed by atoms with Crippen molar-refractivity contribution in [3.05, 3.63) is 97.9 Å². The number of nitrogens with zero attached hydrogens (tertiary/aromatic N) is 2. The van der Waals surface area contributed by atoms with Gasteiger partial charge in [-0.1, -0.05) is 75.5 Å². The molecular weight excluding hydrogens is 459 g/mol. The van der Waals surface area contributed by atoms with E-state index < -0.39 is 0 Å². The topological polar surface area (TPSA) is 24.8 Å². The molecule has 2 aliphatic heterocycles. The molecule has 2 heterocycles. The lowest BCUT2D eigenvalue weighted by atomic mass is 9.96. The monoisotopic (exact) mass is 472 g/mol. The summed E-state index contributed by atoms with van der Waals surface area (Å²) >= 11 is 16.0. The van der Waals surface area contributed by atoms with Crippen molar-refractivity contribution in [1.29, 1.82) is 0 Å². The number of benzene rings is 3. The highest BCUT2D eigenvalue weighted by atomic mass is 79.9. The van der Waals surface area contributed by atoms with Gasteiger partial charge in [-0.25, -0.2) is 5.01 Å². The van der Waals surface area contributed by atoms with E-state index in [1.165, 1.54) is 0 Å². The summed E-state index contributed by atoms with van der Waals surface area (Å²) in [6, 6.07) is 22.1. The van der Waals surface area contributed by atoms with Crippen molar-refractivity contribution in [2.75, 3.05) is 0 Å². The van der Waals surface area contributed by atoms with E-state index in [1.54, 1.807) is 6.07 Å². The first kappa shape index (κ1) is 18.0. The molecule has 6 heteroatoms. The third kappa shape index (κ3) is 3.10. The third-order valence-corrected chi connectivity index (χ3v) is 6.32. The third-order valence-electron chi connectivity index (χ3n) is 5.09. The summed E-state index contributed by atoms with van der Waals surface area (Å²) in [4.78, 5) is 0. The van der Waals surface area contributed by atoms with Crippen molar-refractivity contribution in [3.63, 3.8) is 0 Å². The van der Waals surface area contributed by atoms with Crippen molar-refractivity contribution in [3.8, 4) is 5.75 Å². The first-order chi connectivity index (χ1) is 13.6. The van der Waals surface area contributed by atoms with Crippen LogP contribution in [-0.4, -0.2) is 10.7 Å². The van der Waals surface area contributed by atoms with Crippen LogP contribution in [0.25, 0.3) is 0 Å². The standard InChI is InChI=1S/C22H15BrCl2N2O/c23-15-7-9-21-16(11-15)20-12-19(13-4-2-1-3-5-13)26-27(20)22(28-21)14-6-8-17(24)18(25)10-14/h1-11,20,22H,12H2/t20-,22-/m0/s1. The molecular formula is C22H15BrCl2N2O. The Kier molecular flexibility index (Phi) is 4.58. The molecule has 140 valence electrons. The summed E-state index contributed by atoms with van der Waals surface area (Å²) in [6.07, 6.45) is 0.448. The molecule has 0 spiro atoms. The second-order valence-corrected chi connectivity index (χ2v) is 8.57. The van der Waals surface area contributed by atoms with Crippen LogP contribution in [0.4, 0.5) is 0 Å². The number of ether oxygens (including phenoxy) is 1. The van der Waals surface area contributed by atoms with Crippen molar-refractivity contribution >= 4 is 44.8 Å². The van der Waals surface area contributed by atoms with Gasteiger partial charge in [0.25, 0.3) is 0 Å². The Bertz CT molecular complexity index is 1090. The number of rotatable bonds is 2. The van der Waals surface area contributed by atoms with Crippen molar-refractivity contribution < 1.29 is 4.74 Å². The van der Waals surface area contributed by atoms with Crippen LogP contribution >= 0.6 is 39.1 Å². The fraction of sp³-hybridized carbons (Fsp3) is 0.136. The molecule has 0 bridgehead atoms. The lowest BCUT2D eigenvalue weighted by molar-refractivity contribution is -0.0190. The van der Waals surface area contributed by atoms with Gasteiger partial charge in [-0.15, -0.1) is 0 Å². The quantitative estimate of drug-likeness (QED) is 0.400. The molecule has 0 saturated heterocycles. The molecule has 0 amide bonds. The SMILES string of the molecule is Clc1ccc([C@@H]2Oc3ccc(Br)cc3[C@@H]3CC(c4ccccc4)=NN32)cc1Cl. The summed E-state index contributed by atoms with van der Waals surface area (Å²) in [6.45, 7) is 0. The molecule has 0 N–H and O–H groups in total. The molecule has 3 aromatic rings. The van der Waals surface area contributed by atoms with E-state index in [0.29, 0.717) is 10.0 Å². The Labute approximate surface area is 181 Å². The van der Waals surface area contributed by atoms with Crippen molar-refractivity contribution in [2.24, 2.45) is 5.10 Å². The van der Waals surface area contributed by atoms with E-state index in [0.717, 1.165) is 39.0 Å². The minimum absolute atomic E-state index is 0.0934. The van der Waals surface area contributed by atoms with E-state index in [4.69, 9.17) is 33.0 Å². The zero-order valence-corrected chi connectivity index (χ0v) is 17.7. The van der Waals surface area contributed by atoms with Crippen LogP contribution in [0.5, 0.6) is 5.75 Å². The molecule has 28 heavy (non-hydrogen) atoms. The maximum atomic E-state index is 6.36. The molecule has 0 aromatic heterocycles. The van der Waals surface area contributed by atoms with Gasteiger partial charge in [0.1, 0.15) is 5.75 Å². The fourth-order valence-electron chi connectivity index (χ4n) is 3.75. The second kappa shape index (κ2) is 7.11. The van der Waals surface area contributed by atoms with Gasteiger partial charge < -0.3 is 4.74 Å². The summed E-state index contributed by atoms with van der Waals surface area (Å²) in [5, 5.41) is 8.02.